The first-order valence-corrected chi connectivity index (χ1v) is 7.53. The Labute approximate surface area is 117 Å². The molecule has 1 N–H and O–H groups in total. The second-order valence-corrected chi connectivity index (χ2v) is 6.00. The number of rotatable bonds is 5. The second-order valence-electron chi connectivity index (χ2n) is 4.89. The van der Waals surface area contributed by atoms with Gasteiger partial charge in [-0.25, -0.2) is 4.98 Å². The molecule has 2 aromatic rings. The van der Waals surface area contributed by atoms with Gasteiger partial charge >= 0.3 is 0 Å². The summed E-state index contributed by atoms with van der Waals surface area (Å²) in [6.07, 6.45) is 6.79. The first kappa shape index (κ1) is 12.8. The van der Waals surface area contributed by atoms with E-state index in [1.807, 2.05) is 6.20 Å². The molecule has 102 valence electrons. The van der Waals surface area contributed by atoms with E-state index in [-0.39, 0.29) is 0 Å². The van der Waals surface area contributed by atoms with Crippen LogP contribution in [0.25, 0.3) is 10.6 Å². The highest BCUT2D eigenvalue weighted by molar-refractivity contribution is 7.15. The predicted octanol–water partition coefficient (Wildman–Crippen LogP) is 2.42. The summed E-state index contributed by atoms with van der Waals surface area (Å²) < 4.78 is 7.71. The van der Waals surface area contributed by atoms with Gasteiger partial charge in [-0.05, 0) is 25.0 Å². The van der Waals surface area contributed by atoms with Crippen LogP contribution in [0.15, 0.2) is 24.5 Å². The quantitative estimate of drug-likeness (QED) is 0.912. The van der Waals surface area contributed by atoms with Gasteiger partial charge in [0.15, 0.2) is 0 Å². The molecule has 3 heterocycles. The Morgan fingerprint density at radius 3 is 3.26 bits per heavy atom. The Balaban J connectivity index is 1.55. The zero-order chi connectivity index (χ0) is 13.1. The molecule has 5 heteroatoms. The molecule has 0 radical (unpaired) electrons. The normalized spacial score (nSPS) is 19.1. The van der Waals surface area contributed by atoms with Gasteiger partial charge in [-0.3, -0.25) is 0 Å². The van der Waals surface area contributed by atoms with E-state index in [2.05, 4.69) is 40.2 Å². The van der Waals surface area contributed by atoms with Crippen molar-refractivity contribution in [1.82, 2.24) is 14.9 Å². The molecule has 0 aliphatic carbocycles. The van der Waals surface area contributed by atoms with Gasteiger partial charge in [0.2, 0.25) is 0 Å². The van der Waals surface area contributed by atoms with Crippen LogP contribution in [0.3, 0.4) is 0 Å². The molecule has 1 atom stereocenters. The fourth-order valence-electron chi connectivity index (χ4n) is 2.37. The molecule has 1 unspecified atom stereocenters. The Bertz CT molecular complexity index is 528. The summed E-state index contributed by atoms with van der Waals surface area (Å²) in [7, 11) is 2.06. The summed E-state index contributed by atoms with van der Waals surface area (Å²) in [6.45, 7) is 2.68. The van der Waals surface area contributed by atoms with Crippen molar-refractivity contribution in [3.8, 4) is 10.6 Å². The monoisotopic (exact) mass is 277 g/mol. The molecule has 1 aliphatic rings. The summed E-state index contributed by atoms with van der Waals surface area (Å²) >= 11 is 1.75. The van der Waals surface area contributed by atoms with Crippen molar-refractivity contribution < 1.29 is 4.74 Å². The minimum absolute atomic E-state index is 0.396. The van der Waals surface area contributed by atoms with Crippen LogP contribution in [0.2, 0.25) is 0 Å². The number of hydrogen-bond acceptors (Lipinski definition) is 4. The first-order chi connectivity index (χ1) is 9.33. The largest absolute Gasteiger partial charge is 0.377 e. The molecule has 1 fully saturated rings. The third-order valence-electron chi connectivity index (χ3n) is 3.42. The molecule has 19 heavy (non-hydrogen) atoms. The summed E-state index contributed by atoms with van der Waals surface area (Å²) in [5.74, 6) is 0. The van der Waals surface area contributed by atoms with E-state index in [0.29, 0.717) is 6.10 Å². The molecule has 1 saturated heterocycles. The molecule has 2 aromatic heterocycles. The van der Waals surface area contributed by atoms with E-state index >= 15 is 0 Å². The minimum Gasteiger partial charge on any atom is -0.377 e. The van der Waals surface area contributed by atoms with Gasteiger partial charge in [0.05, 0.1) is 16.7 Å². The van der Waals surface area contributed by atoms with E-state index in [4.69, 9.17) is 4.74 Å². The Morgan fingerprint density at radius 1 is 1.58 bits per heavy atom. The van der Waals surface area contributed by atoms with Gasteiger partial charge in [-0.15, -0.1) is 11.3 Å². The van der Waals surface area contributed by atoms with Crippen molar-refractivity contribution in [2.75, 3.05) is 13.2 Å². The number of nitrogens with one attached hydrogen (secondary N) is 1. The van der Waals surface area contributed by atoms with Crippen molar-refractivity contribution in [1.29, 1.82) is 0 Å². The number of aromatic nitrogens is 2. The number of ether oxygens (including phenoxy) is 1. The standard InChI is InChI=1S/C14H19N3OS/c1-17-6-2-5-12(17)13-9-16-14(19-13)10-15-8-11-4-3-7-18-11/h2,5-6,9,11,15H,3-4,7-8,10H2,1H3. The van der Waals surface area contributed by atoms with Crippen LogP contribution in [0.5, 0.6) is 0 Å². The highest BCUT2D eigenvalue weighted by Crippen LogP contribution is 2.25. The maximum absolute atomic E-state index is 5.59. The van der Waals surface area contributed by atoms with E-state index < -0.39 is 0 Å². The van der Waals surface area contributed by atoms with Crippen LogP contribution in [0.1, 0.15) is 17.8 Å². The summed E-state index contributed by atoms with van der Waals surface area (Å²) in [5, 5.41) is 4.57. The first-order valence-electron chi connectivity index (χ1n) is 6.71. The van der Waals surface area contributed by atoms with Gasteiger partial charge < -0.3 is 14.6 Å². The van der Waals surface area contributed by atoms with Crippen LogP contribution >= 0.6 is 11.3 Å². The van der Waals surface area contributed by atoms with Crippen molar-refractivity contribution >= 4 is 11.3 Å². The Kier molecular flexibility index (Phi) is 3.96. The highest BCUT2D eigenvalue weighted by atomic mass is 32.1. The van der Waals surface area contributed by atoms with E-state index in [9.17, 15) is 0 Å². The van der Waals surface area contributed by atoms with Crippen LogP contribution in [0.4, 0.5) is 0 Å². The number of aryl methyl sites for hydroxylation is 1. The molecule has 0 amide bonds. The van der Waals surface area contributed by atoms with E-state index in [1.54, 1.807) is 11.3 Å². The van der Waals surface area contributed by atoms with Gasteiger partial charge in [0.1, 0.15) is 5.01 Å². The molecule has 4 nitrogen and oxygen atoms in total. The molecule has 0 aromatic carbocycles. The van der Waals surface area contributed by atoms with Gasteiger partial charge in [-0.2, -0.15) is 0 Å². The lowest BCUT2D eigenvalue weighted by atomic mass is 10.2. The lowest BCUT2D eigenvalue weighted by Gasteiger charge is -2.09. The second kappa shape index (κ2) is 5.86. The topological polar surface area (TPSA) is 39.1 Å². The zero-order valence-electron chi connectivity index (χ0n) is 11.1. The van der Waals surface area contributed by atoms with Crippen molar-refractivity contribution in [3.05, 3.63) is 29.5 Å². The van der Waals surface area contributed by atoms with Crippen molar-refractivity contribution in [2.24, 2.45) is 7.05 Å². The smallest absolute Gasteiger partial charge is 0.107 e. The summed E-state index contributed by atoms with van der Waals surface area (Å²) in [4.78, 5) is 5.70. The lowest BCUT2D eigenvalue weighted by molar-refractivity contribution is 0.110. The highest BCUT2D eigenvalue weighted by Gasteiger charge is 2.15. The predicted molar refractivity (Wildman–Crippen MR) is 77.2 cm³/mol. The molecule has 0 spiro atoms. The SMILES string of the molecule is Cn1cccc1-c1cnc(CNCC2CCCO2)s1. The minimum atomic E-state index is 0.396. The third kappa shape index (κ3) is 3.05. The molecule has 1 aliphatic heterocycles. The number of thiazole rings is 1. The summed E-state index contributed by atoms with van der Waals surface area (Å²) in [5.41, 5.74) is 1.22. The molecular formula is C14H19N3OS. The molecular weight excluding hydrogens is 258 g/mol. The van der Waals surface area contributed by atoms with Crippen LogP contribution in [0, 0.1) is 0 Å². The third-order valence-corrected chi connectivity index (χ3v) is 4.44. The molecule has 0 bridgehead atoms. The Morgan fingerprint density at radius 2 is 2.53 bits per heavy atom. The van der Waals surface area contributed by atoms with Gasteiger partial charge in [0.25, 0.3) is 0 Å². The number of nitrogens with zero attached hydrogens (tertiary/aromatic N) is 2. The van der Waals surface area contributed by atoms with Crippen LogP contribution < -0.4 is 5.32 Å². The fourth-order valence-corrected chi connectivity index (χ4v) is 3.33. The molecule has 3 rings (SSSR count). The lowest BCUT2D eigenvalue weighted by Crippen LogP contribution is -2.25. The van der Waals surface area contributed by atoms with E-state index in [0.717, 1.165) is 24.7 Å². The van der Waals surface area contributed by atoms with Crippen LogP contribution in [-0.4, -0.2) is 28.8 Å². The summed E-state index contributed by atoms with van der Waals surface area (Å²) in [6, 6.07) is 4.18. The fraction of sp³-hybridized carbons (Fsp3) is 0.500. The zero-order valence-corrected chi connectivity index (χ0v) is 11.9. The number of hydrogen-bond donors (Lipinski definition) is 1. The maximum atomic E-state index is 5.59. The average molecular weight is 277 g/mol. The average Bonchev–Trinajstić information content (AvgIpc) is 3.10. The van der Waals surface area contributed by atoms with Crippen LogP contribution in [-0.2, 0) is 18.3 Å². The van der Waals surface area contributed by atoms with Crippen molar-refractivity contribution in [2.45, 2.75) is 25.5 Å². The van der Waals surface area contributed by atoms with Gasteiger partial charge in [0, 0.05) is 39.1 Å². The Hall–Kier alpha value is -1.17. The van der Waals surface area contributed by atoms with E-state index in [1.165, 1.54) is 23.4 Å². The maximum Gasteiger partial charge on any atom is 0.107 e. The molecule has 0 saturated carbocycles. The van der Waals surface area contributed by atoms with Crippen molar-refractivity contribution in [3.63, 3.8) is 0 Å². The van der Waals surface area contributed by atoms with Gasteiger partial charge in [-0.1, -0.05) is 0 Å².